The lowest BCUT2D eigenvalue weighted by Gasteiger charge is -2.27. The van der Waals surface area contributed by atoms with Crippen molar-refractivity contribution in [2.75, 3.05) is 33.4 Å². The first kappa shape index (κ1) is 14.7. The van der Waals surface area contributed by atoms with Crippen LogP contribution < -0.4 is 4.74 Å². The summed E-state index contributed by atoms with van der Waals surface area (Å²) >= 11 is 0. The lowest BCUT2D eigenvalue weighted by Crippen LogP contribution is -2.35. The van der Waals surface area contributed by atoms with Crippen molar-refractivity contribution in [1.29, 1.82) is 0 Å². The van der Waals surface area contributed by atoms with Crippen molar-refractivity contribution < 1.29 is 9.47 Å². The van der Waals surface area contributed by atoms with E-state index in [1.165, 1.54) is 11.1 Å². The molecule has 1 aliphatic heterocycles. The predicted molar refractivity (Wildman–Crippen MR) is 82.1 cm³/mol. The van der Waals surface area contributed by atoms with Gasteiger partial charge in [-0.3, -0.25) is 4.90 Å². The minimum atomic E-state index is 0.787. The Morgan fingerprint density at radius 1 is 1.36 bits per heavy atom. The van der Waals surface area contributed by atoms with Crippen molar-refractivity contribution in [3.63, 3.8) is 0 Å². The summed E-state index contributed by atoms with van der Waals surface area (Å²) in [5, 5.41) is 8.17. The smallest absolute Gasteiger partial charge is 0.139 e. The molecule has 0 saturated carbocycles. The summed E-state index contributed by atoms with van der Waals surface area (Å²) in [5.74, 6) is 0.893. The van der Waals surface area contributed by atoms with Crippen LogP contribution in [0.15, 0.2) is 36.0 Å². The van der Waals surface area contributed by atoms with Crippen LogP contribution in [-0.4, -0.2) is 59.4 Å². The number of ether oxygens (including phenoxy) is 2. The van der Waals surface area contributed by atoms with Crippen LogP contribution in [0.4, 0.5) is 0 Å². The standard InChI is InChI=1S/C15H19N5O2/c1-21-15-3-2-13(9-17-20-12-16-11-18-20)8-14(15)10-19-4-6-22-7-5-19/h2-3,8-9,11-12H,4-7,10H2,1H3/b17-9+. The van der Waals surface area contributed by atoms with Crippen LogP contribution >= 0.6 is 0 Å². The lowest BCUT2D eigenvalue weighted by molar-refractivity contribution is 0.0339. The van der Waals surface area contributed by atoms with E-state index in [1.807, 2.05) is 12.1 Å². The fourth-order valence-corrected chi connectivity index (χ4v) is 2.39. The van der Waals surface area contributed by atoms with Gasteiger partial charge in [-0.05, 0) is 23.8 Å². The molecular weight excluding hydrogens is 282 g/mol. The molecule has 0 radical (unpaired) electrons. The van der Waals surface area contributed by atoms with E-state index in [4.69, 9.17) is 9.47 Å². The van der Waals surface area contributed by atoms with Crippen LogP contribution in [0.2, 0.25) is 0 Å². The van der Waals surface area contributed by atoms with Crippen molar-refractivity contribution in [3.05, 3.63) is 42.0 Å². The van der Waals surface area contributed by atoms with Crippen molar-refractivity contribution in [3.8, 4) is 5.75 Å². The van der Waals surface area contributed by atoms with Gasteiger partial charge in [0.15, 0.2) is 0 Å². The highest BCUT2D eigenvalue weighted by atomic mass is 16.5. The molecule has 22 heavy (non-hydrogen) atoms. The molecule has 7 nitrogen and oxygen atoms in total. The van der Waals surface area contributed by atoms with Crippen molar-refractivity contribution in [2.45, 2.75) is 6.54 Å². The summed E-state index contributed by atoms with van der Waals surface area (Å²) in [7, 11) is 1.70. The summed E-state index contributed by atoms with van der Waals surface area (Å²) in [6.07, 6.45) is 4.76. The molecule has 1 aliphatic rings. The number of benzene rings is 1. The van der Waals surface area contributed by atoms with E-state index >= 15 is 0 Å². The Bertz CT molecular complexity index is 621. The molecule has 7 heteroatoms. The molecule has 2 heterocycles. The molecule has 3 rings (SSSR count). The molecule has 0 amide bonds. The Balaban J connectivity index is 1.76. The van der Waals surface area contributed by atoms with Crippen LogP contribution in [0.5, 0.6) is 5.75 Å². The number of morpholine rings is 1. The molecule has 0 unspecified atom stereocenters. The number of hydrogen-bond acceptors (Lipinski definition) is 6. The van der Waals surface area contributed by atoms with E-state index in [0.717, 1.165) is 49.7 Å². The first-order valence-electron chi connectivity index (χ1n) is 7.21. The molecule has 1 fully saturated rings. The van der Waals surface area contributed by atoms with Gasteiger partial charge < -0.3 is 9.47 Å². The molecule has 1 aromatic carbocycles. The summed E-state index contributed by atoms with van der Waals surface area (Å²) in [5.41, 5.74) is 2.14. The average Bonchev–Trinajstić information content (AvgIpc) is 3.08. The molecule has 0 N–H and O–H groups in total. The highest BCUT2D eigenvalue weighted by molar-refractivity contribution is 5.80. The maximum atomic E-state index is 5.46. The molecule has 2 aromatic rings. The first-order chi connectivity index (χ1) is 10.8. The number of methoxy groups -OCH3 is 1. The monoisotopic (exact) mass is 301 g/mol. The molecule has 1 saturated heterocycles. The summed E-state index contributed by atoms with van der Waals surface area (Å²) in [4.78, 5) is 7.64. The molecule has 0 spiro atoms. The Labute approximate surface area is 129 Å². The lowest BCUT2D eigenvalue weighted by atomic mass is 10.1. The first-order valence-corrected chi connectivity index (χ1v) is 7.21. The molecule has 116 valence electrons. The third kappa shape index (κ3) is 3.69. The highest BCUT2D eigenvalue weighted by Gasteiger charge is 2.13. The minimum absolute atomic E-state index is 0.787. The van der Waals surface area contributed by atoms with Crippen LogP contribution in [0.25, 0.3) is 0 Å². The van der Waals surface area contributed by atoms with Crippen molar-refractivity contribution in [2.24, 2.45) is 5.10 Å². The maximum Gasteiger partial charge on any atom is 0.139 e. The largest absolute Gasteiger partial charge is 0.496 e. The number of nitrogens with zero attached hydrogens (tertiary/aromatic N) is 5. The number of rotatable bonds is 5. The van der Waals surface area contributed by atoms with Gasteiger partial charge in [-0.1, -0.05) is 0 Å². The van der Waals surface area contributed by atoms with E-state index in [9.17, 15) is 0 Å². The van der Waals surface area contributed by atoms with E-state index < -0.39 is 0 Å². The second-order valence-corrected chi connectivity index (χ2v) is 5.02. The van der Waals surface area contributed by atoms with Crippen LogP contribution in [0, 0.1) is 0 Å². The molecule has 1 aromatic heterocycles. The predicted octanol–water partition coefficient (Wildman–Crippen LogP) is 1.00. The van der Waals surface area contributed by atoms with E-state index in [1.54, 1.807) is 19.7 Å². The van der Waals surface area contributed by atoms with Gasteiger partial charge in [0, 0.05) is 25.2 Å². The Morgan fingerprint density at radius 3 is 2.95 bits per heavy atom. The normalized spacial score (nSPS) is 16.2. The summed E-state index contributed by atoms with van der Waals surface area (Å²) in [6, 6.07) is 6.04. The molecule has 0 bridgehead atoms. The second kappa shape index (κ2) is 7.15. The Hall–Kier alpha value is -2.25. The van der Waals surface area contributed by atoms with Gasteiger partial charge in [-0.2, -0.15) is 5.10 Å². The Kier molecular flexibility index (Phi) is 4.77. The maximum absolute atomic E-state index is 5.46. The van der Waals surface area contributed by atoms with Gasteiger partial charge in [0.2, 0.25) is 0 Å². The average molecular weight is 301 g/mol. The molecule has 0 aliphatic carbocycles. The van der Waals surface area contributed by atoms with Gasteiger partial charge in [0.1, 0.15) is 18.4 Å². The van der Waals surface area contributed by atoms with Gasteiger partial charge in [0.25, 0.3) is 0 Å². The van der Waals surface area contributed by atoms with Crippen LogP contribution in [0.3, 0.4) is 0 Å². The summed E-state index contributed by atoms with van der Waals surface area (Å²) < 4.78 is 10.9. The topological polar surface area (TPSA) is 64.8 Å². The number of aromatic nitrogens is 3. The van der Waals surface area contributed by atoms with E-state index in [2.05, 4.69) is 26.2 Å². The van der Waals surface area contributed by atoms with Crippen molar-refractivity contribution in [1.82, 2.24) is 19.8 Å². The van der Waals surface area contributed by atoms with Gasteiger partial charge >= 0.3 is 0 Å². The quantitative estimate of drug-likeness (QED) is 0.771. The van der Waals surface area contributed by atoms with Crippen LogP contribution in [-0.2, 0) is 11.3 Å². The Morgan fingerprint density at radius 2 is 2.23 bits per heavy atom. The fourth-order valence-electron chi connectivity index (χ4n) is 2.39. The number of hydrogen-bond donors (Lipinski definition) is 0. The highest BCUT2D eigenvalue weighted by Crippen LogP contribution is 2.21. The molecular formula is C15H19N5O2. The third-order valence-corrected chi connectivity index (χ3v) is 3.53. The zero-order chi connectivity index (χ0) is 15.2. The van der Waals surface area contributed by atoms with Crippen molar-refractivity contribution >= 4 is 6.21 Å². The van der Waals surface area contributed by atoms with Gasteiger partial charge in [-0.25, -0.2) is 4.98 Å². The van der Waals surface area contributed by atoms with Gasteiger partial charge in [0.05, 0.1) is 26.5 Å². The molecule has 0 atom stereocenters. The third-order valence-electron chi connectivity index (χ3n) is 3.53. The second-order valence-electron chi connectivity index (χ2n) is 5.02. The zero-order valence-electron chi connectivity index (χ0n) is 12.6. The minimum Gasteiger partial charge on any atom is -0.496 e. The van der Waals surface area contributed by atoms with E-state index in [-0.39, 0.29) is 0 Å². The van der Waals surface area contributed by atoms with Crippen LogP contribution in [0.1, 0.15) is 11.1 Å². The fraction of sp³-hybridized carbons (Fsp3) is 0.400. The van der Waals surface area contributed by atoms with E-state index in [0.29, 0.717) is 0 Å². The van der Waals surface area contributed by atoms with Gasteiger partial charge in [-0.15, -0.1) is 9.89 Å². The SMILES string of the molecule is COc1ccc(/C=N/n2cncn2)cc1CN1CCOCC1. The zero-order valence-corrected chi connectivity index (χ0v) is 12.6. The summed E-state index contributed by atoms with van der Waals surface area (Å²) in [6.45, 7) is 4.31.